The van der Waals surface area contributed by atoms with E-state index in [-0.39, 0.29) is 11.8 Å². The summed E-state index contributed by atoms with van der Waals surface area (Å²) in [4.78, 5) is 32.0. The quantitative estimate of drug-likeness (QED) is 0.622. The SMILES string of the molecule is Cc1cc(N(C)C(=O)N2CCOc3c(N(C)C)nc(-c4cccc(F)c4)nc32)cc(C)n1. The second kappa shape index (κ2) is 8.41. The molecule has 1 aliphatic heterocycles. The zero-order chi connectivity index (χ0) is 23.0. The minimum absolute atomic E-state index is 0.256. The lowest BCUT2D eigenvalue weighted by atomic mass is 10.2. The van der Waals surface area contributed by atoms with Crippen LogP contribution in [0.3, 0.4) is 0 Å². The third-order valence-electron chi connectivity index (χ3n) is 5.12. The van der Waals surface area contributed by atoms with Crippen molar-refractivity contribution < 1.29 is 13.9 Å². The molecule has 4 rings (SSSR count). The normalized spacial score (nSPS) is 12.8. The van der Waals surface area contributed by atoms with Crippen LogP contribution in [0.25, 0.3) is 11.4 Å². The van der Waals surface area contributed by atoms with Crippen LogP contribution in [-0.2, 0) is 0 Å². The number of pyridine rings is 1. The molecule has 0 saturated heterocycles. The number of carbonyl (C=O) groups excluding carboxylic acids is 1. The fraction of sp³-hybridized carbons (Fsp3) is 0.304. The summed E-state index contributed by atoms with van der Waals surface area (Å²) in [6.45, 7) is 4.41. The maximum Gasteiger partial charge on any atom is 0.330 e. The summed E-state index contributed by atoms with van der Waals surface area (Å²) >= 11 is 0. The fourth-order valence-corrected chi connectivity index (χ4v) is 3.63. The van der Waals surface area contributed by atoms with Crippen LogP contribution in [0.4, 0.5) is 26.5 Å². The zero-order valence-corrected chi connectivity index (χ0v) is 18.8. The van der Waals surface area contributed by atoms with Gasteiger partial charge in [-0.15, -0.1) is 0 Å². The molecule has 1 aliphatic rings. The van der Waals surface area contributed by atoms with E-state index in [0.29, 0.717) is 41.9 Å². The number of aryl methyl sites for hydroxylation is 2. The Labute approximate surface area is 186 Å². The highest BCUT2D eigenvalue weighted by atomic mass is 19.1. The predicted molar refractivity (Wildman–Crippen MR) is 122 cm³/mol. The lowest BCUT2D eigenvalue weighted by Gasteiger charge is -2.33. The number of halogens is 1. The second-order valence-corrected chi connectivity index (χ2v) is 7.88. The summed E-state index contributed by atoms with van der Waals surface area (Å²) in [7, 11) is 5.38. The number of nitrogens with zero attached hydrogens (tertiary/aromatic N) is 6. The monoisotopic (exact) mass is 436 g/mol. The van der Waals surface area contributed by atoms with Crippen molar-refractivity contribution in [3.05, 3.63) is 53.6 Å². The van der Waals surface area contributed by atoms with Crippen molar-refractivity contribution in [3.8, 4) is 17.1 Å². The van der Waals surface area contributed by atoms with Gasteiger partial charge in [-0.2, -0.15) is 0 Å². The molecule has 3 aromatic rings. The van der Waals surface area contributed by atoms with Crippen LogP contribution in [0.5, 0.6) is 5.75 Å². The van der Waals surface area contributed by atoms with Crippen LogP contribution in [0, 0.1) is 19.7 Å². The van der Waals surface area contributed by atoms with Crippen molar-refractivity contribution >= 4 is 23.4 Å². The summed E-state index contributed by atoms with van der Waals surface area (Å²) in [5.41, 5.74) is 2.91. The standard InChI is InChI=1S/C23H25FN6O2/c1-14-11-18(12-15(2)25-14)29(5)23(31)30-9-10-32-19-21(28(3)4)26-20(27-22(19)30)16-7-6-8-17(24)13-16/h6-8,11-13H,9-10H2,1-5H3. The summed E-state index contributed by atoms with van der Waals surface area (Å²) in [5.74, 6) is 1.22. The van der Waals surface area contributed by atoms with Gasteiger partial charge in [0.25, 0.3) is 0 Å². The molecule has 1 aromatic carbocycles. The first-order valence-corrected chi connectivity index (χ1v) is 10.2. The highest BCUT2D eigenvalue weighted by Gasteiger charge is 2.32. The van der Waals surface area contributed by atoms with Crippen molar-refractivity contribution in [2.45, 2.75) is 13.8 Å². The van der Waals surface area contributed by atoms with Gasteiger partial charge in [-0.25, -0.2) is 19.2 Å². The van der Waals surface area contributed by atoms with Gasteiger partial charge in [0.05, 0.1) is 6.54 Å². The molecule has 0 aliphatic carbocycles. The van der Waals surface area contributed by atoms with Gasteiger partial charge in [0.15, 0.2) is 17.5 Å². The topological polar surface area (TPSA) is 74.7 Å². The van der Waals surface area contributed by atoms with E-state index in [1.165, 1.54) is 12.1 Å². The van der Waals surface area contributed by atoms with E-state index in [0.717, 1.165) is 17.1 Å². The molecule has 0 unspecified atom stereocenters. The zero-order valence-electron chi connectivity index (χ0n) is 18.8. The Morgan fingerprint density at radius 3 is 2.44 bits per heavy atom. The fourth-order valence-electron chi connectivity index (χ4n) is 3.63. The molecule has 3 heterocycles. The maximum absolute atomic E-state index is 13.8. The minimum Gasteiger partial charge on any atom is -0.485 e. The summed E-state index contributed by atoms with van der Waals surface area (Å²) in [6, 6.07) is 9.52. The van der Waals surface area contributed by atoms with Crippen LogP contribution < -0.4 is 19.4 Å². The molecule has 0 bridgehead atoms. The highest BCUT2D eigenvalue weighted by molar-refractivity contribution is 6.04. The first-order chi connectivity index (χ1) is 15.2. The molecule has 8 nitrogen and oxygen atoms in total. The van der Waals surface area contributed by atoms with E-state index in [1.807, 2.05) is 40.1 Å². The van der Waals surface area contributed by atoms with Gasteiger partial charge in [0.1, 0.15) is 12.4 Å². The Kier molecular flexibility index (Phi) is 5.65. The number of hydrogen-bond donors (Lipinski definition) is 0. The Bertz CT molecular complexity index is 1160. The van der Waals surface area contributed by atoms with Crippen molar-refractivity contribution in [2.24, 2.45) is 0 Å². The van der Waals surface area contributed by atoms with Crippen molar-refractivity contribution in [3.63, 3.8) is 0 Å². The third kappa shape index (κ3) is 4.05. The second-order valence-electron chi connectivity index (χ2n) is 7.88. The van der Waals surface area contributed by atoms with Crippen molar-refractivity contribution in [2.75, 3.05) is 49.0 Å². The number of anilines is 3. The molecule has 0 fully saturated rings. The van der Waals surface area contributed by atoms with Gasteiger partial charge in [-0.1, -0.05) is 12.1 Å². The first kappa shape index (κ1) is 21.5. The molecule has 0 spiro atoms. The maximum atomic E-state index is 13.8. The molecular formula is C23H25FN6O2. The molecule has 9 heteroatoms. The molecular weight excluding hydrogens is 411 g/mol. The van der Waals surface area contributed by atoms with Crippen LogP contribution >= 0.6 is 0 Å². The Hall–Kier alpha value is -3.75. The molecule has 2 aromatic heterocycles. The van der Waals surface area contributed by atoms with Crippen LogP contribution in [0.1, 0.15) is 11.4 Å². The molecule has 0 atom stereocenters. The number of carbonyl (C=O) groups is 1. The summed E-state index contributed by atoms with van der Waals surface area (Å²) in [6.07, 6.45) is 0. The van der Waals surface area contributed by atoms with Gasteiger partial charge < -0.3 is 9.64 Å². The molecule has 0 radical (unpaired) electrons. The van der Waals surface area contributed by atoms with E-state index >= 15 is 0 Å². The number of rotatable bonds is 3. The van der Waals surface area contributed by atoms with E-state index in [9.17, 15) is 9.18 Å². The van der Waals surface area contributed by atoms with E-state index in [1.54, 1.807) is 33.9 Å². The van der Waals surface area contributed by atoms with Gasteiger partial charge >= 0.3 is 6.03 Å². The largest absolute Gasteiger partial charge is 0.485 e. The predicted octanol–water partition coefficient (Wildman–Crippen LogP) is 3.82. The van der Waals surface area contributed by atoms with E-state index < -0.39 is 0 Å². The number of amides is 2. The van der Waals surface area contributed by atoms with Crippen LogP contribution in [0.2, 0.25) is 0 Å². The number of aromatic nitrogens is 3. The van der Waals surface area contributed by atoms with E-state index in [4.69, 9.17) is 4.74 Å². The number of urea groups is 1. The minimum atomic E-state index is -0.387. The molecule has 2 amide bonds. The summed E-state index contributed by atoms with van der Waals surface area (Å²) in [5, 5.41) is 0. The number of fused-ring (bicyclic) bond motifs is 1. The van der Waals surface area contributed by atoms with Crippen LogP contribution in [-0.4, -0.2) is 55.3 Å². The highest BCUT2D eigenvalue weighted by Crippen LogP contribution is 2.39. The average molecular weight is 436 g/mol. The molecule has 32 heavy (non-hydrogen) atoms. The van der Waals surface area contributed by atoms with Gasteiger partial charge in [0, 0.05) is 43.8 Å². The van der Waals surface area contributed by atoms with Gasteiger partial charge in [0.2, 0.25) is 5.75 Å². The average Bonchev–Trinajstić information content (AvgIpc) is 2.76. The van der Waals surface area contributed by atoms with E-state index in [2.05, 4.69) is 15.0 Å². The first-order valence-electron chi connectivity index (χ1n) is 10.2. The van der Waals surface area contributed by atoms with Crippen LogP contribution in [0.15, 0.2) is 36.4 Å². The van der Waals surface area contributed by atoms with Crippen molar-refractivity contribution in [1.82, 2.24) is 15.0 Å². The molecule has 0 N–H and O–H groups in total. The Morgan fingerprint density at radius 2 is 1.78 bits per heavy atom. The smallest absolute Gasteiger partial charge is 0.330 e. The Balaban J connectivity index is 1.80. The number of ether oxygens (including phenoxy) is 1. The third-order valence-corrected chi connectivity index (χ3v) is 5.12. The lowest BCUT2D eigenvalue weighted by molar-refractivity contribution is 0.245. The van der Waals surface area contributed by atoms with Gasteiger partial charge in [-0.3, -0.25) is 14.8 Å². The number of benzene rings is 1. The molecule has 0 saturated carbocycles. The summed E-state index contributed by atoms with van der Waals surface area (Å²) < 4.78 is 19.7. The van der Waals surface area contributed by atoms with Crippen molar-refractivity contribution in [1.29, 1.82) is 0 Å². The Morgan fingerprint density at radius 1 is 1.06 bits per heavy atom. The lowest BCUT2D eigenvalue weighted by Crippen LogP contribution is -2.46. The van der Waals surface area contributed by atoms with Gasteiger partial charge in [-0.05, 0) is 38.1 Å². The number of hydrogen-bond acceptors (Lipinski definition) is 6. The molecule has 166 valence electrons.